The second kappa shape index (κ2) is 4.83. The quantitative estimate of drug-likeness (QED) is 0.827. The summed E-state index contributed by atoms with van der Waals surface area (Å²) in [6.45, 7) is 3.44. The van der Waals surface area contributed by atoms with Crippen LogP contribution in [-0.2, 0) is 0 Å². The van der Waals surface area contributed by atoms with E-state index in [-0.39, 0.29) is 12.5 Å². The molecule has 0 radical (unpaired) electrons. The van der Waals surface area contributed by atoms with Crippen molar-refractivity contribution < 1.29 is 9.90 Å². The zero-order chi connectivity index (χ0) is 13.2. The molecule has 8 heteroatoms. The summed E-state index contributed by atoms with van der Waals surface area (Å²) >= 11 is 1.30. The first kappa shape index (κ1) is 12.7. The number of amides is 1. The first-order valence-corrected chi connectivity index (χ1v) is 6.17. The summed E-state index contributed by atoms with van der Waals surface area (Å²) in [5.74, 6) is -0.252. The molecule has 0 spiro atoms. The predicted molar refractivity (Wildman–Crippen MR) is 65.7 cm³/mol. The van der Waals surface area contributed by atoms with Crippen molar-refractivity contribution in [2.24, 2.45) is 0 Å². The van der Waals surface area contributed by atoms with E-state index in [0.29, 0.717) is 10.6 Å². The lowest BCUT2D eigenvalue weighted by Crippen LogP contribution is -2.38. The minimum Gasteiger partial charge on any atom is -0.389 e. The molecule has 2 aromatic heterocycles. The molecular formula is C10H13N5O2S. The zero-order valence-electron chi connectivity index (χ0n) is 9.99. The minimum atomic E-state index is -0.943. The van der Waals surface area contributed by atoms with Crippen molar-refractivity contribution in [3.05, 3.63) is 22.7 Å². The van der Waals surface area contributed by atoms with Crippen LogP contribution in [0.15, 0.2) is 17.8 Å². The molecular weight excluding hydrogens is 254 g/mol. The molecule has 0 aliphatic carbocycles. The van der Waals surface area contributed by atoms with E-state index >= 15 is 0 Å². The van der Waals surface area contributed by atoms with E-state index in [1.54, 1.807) is 25.3 Å². The fourth-order valence-corrected chi connectivity index (χ4v) is 2.10. The summed E-state index contributed by atoms with van der Waals surface area (Å²) in [5, 5.41) is 24.8. The lowest BCUT2D eigenvalue weighted by atomic mass is 10.1. The average molecular weight is 267 g/mol. The third kappa shape index (κ3) is 2.90. The highest BCUT2D eigenvalue weighted by Crippen LogP contribution is 2.19. The van der Waals surface area contributed by atoms with Gasteiger partial charge in [-0.2, -0.15) is 4.68 Å². The SMILES string of the molecule is CC(C)(O)CNC(=O)c1sccc1-n1cnnn1. The number of thiophene rings is 1. The highest BCUT2D eigenvalue weighted by molar-refractivity contribution is 7.12. The second-order valence-electron chi connectivity index (χ2n) is 4.38. The minimum absolute atomic E-state index is 0.179. The molecule has 0 bridgehead atoms. The molecule has 0 aliphatic rings. The average Bonchev–Trinajstić information content (AvgIpc) is 2.94. The number of nitrogens with zero attached hydrogens (tertiary/aromatic N) is 4. The molecule has 0 aromatic carbocycles. The van der Waals surface area contributed by atoms with Crippen LogP contribution in [0.4, 0.5) is 0 Å². The maximum atomic E-state index is 12.0. The smallest absolute Gasteiger partial charge is 0.263 e. The first-order valence-electron chi connectivity index (χ1n) is 5.29. The Morgan fingerprint density at radius 1 is 1.61 bits per heavy atom. The van der Waals surface area contributed by atoms with Gasteiger partial charge in [0, 0.05) is 6.54 Å². The van der Waals surface area contributed by atoms with Crippen LogP contribution >= 0.6 is 11.3 Å². The number of carbonyl (C=O) groups is 1. The Hall–Kier alpha value is -1.80. The fraction of sp³-hybridized carbons (Fsp3) is 0.400. The molecule has 2 N–H and O–H groups in total. The molecule has 1 amide bonds. The molecule has 0 atom stereocenters. The summed E-state index contributed by atoms with van der Waals surface area (Å²) in [6.07, 6.45) is 1.43. The van der Waals surface area contributed by atoms with Crippen LogP contribution in [0, 0.1) is 0 Å². The van der Waals surface area contributed by atoms with Crippen LogP contribution < -0.4 is 5.32 Å². The zero-order valence-corrected chi connectivity index (χ0v) is 10.8. The van der Waals surface area contributed by atoms with Crippen molar-refractivity contribution in [3.63, 3.8) is 0 Å². The maximum absolute atomic E-state index is 12.0. The molecule has 0 saturated carbocycles. The second-order valence-corrected chi connectivity index (χ2v) is 5.30. The van der Waals surface area contributed by atoms with Gasteiger partial charge in [-0.05, 0) is 35.7 Å². The number of aliphatic hydroxyl groups is 1. The van der Waals surface area contributed by atoms with Crippen molar-refractivity contribution in [1.29, 1.82) is 0 Å². The largest absolute Gasteiger partial charge is 0.389 e. The van der Waals surface area contributed by atoms with Crippen LogP contribution in [0.3, 0.4) is 0 Å². The number of aromatic nitrogens is 4. The van der Waals surface area contributed by atoms with Crippen LogP contribution in [0.2, 0.25) is 0 Å². The number of hydrogen-bond donors (Lipinski definition) is 2. The molecule has 7 nitrogen and oxygen atoms in total. The van der Waals surface area contributed by atoms with E-state index in [1.165, 1.54) is 22.3 Å². The number of nitrogens with one attached hydrogen (secondary N) is 1. The molecule has 96 valence electrons. The third-order valence-corrected chi connectivity index (χ3v) is 3.03. The molecule has 18 heavy (non-hydrogen) atoms. The van der Waals surface area contributed by atoms with E-state index in [2.05, 4.69) is 20.8 Å². The van der Waals surface area contributed by atoms with Gasteiger partial charge in [-0.15, -0.1) is 16.4 Å². The maximum Gasteiger partial charge on any atom is 0.263 e. The number of carbonyl (C=O) groups excluding carboxylic acids is 1. The number of tetrazole rings is 1. The molecule has 2 aromatic rings. The lowest BCUT2D eigenvalue weighted by Gasteiger charge is -2.17. The highest BCUT2D eigenvalue weighted by atomic mass is 32.1. The summed E-state index contributed by atoms with van der Waals surface area (Å²) in [4.78, 5) is 12.5. The van der Waals surface area contributed by atoms with Crippen molar-refractivity contribution in [2.75, 3.05) is 6.54 Å². The van der Waals surface area contributed by atoms with Crippen molar-refractivity contribution in [2.45, 2.75) is 19.4 Å². The van der Waals surface area contributed by atoms with Crippen LogP contribution in [0.5, 0.6) is 0 Å². The molecule has 0 aliphatic heterocycles. The Bertz CT molecular complexity index is 529. The fourth-order valence-electron chi connectivity index (χ4n) is 1.30. The van der Waals surface area contributed by atoms with Gasteiger partial charge in [0.15, 0.2) is 0 Å². The molecule has 0 fully saturated rings. The van der Waals surface area contributed by atoms with Gasteiger partial charge in [0.1, 0.15) is 11.2 Å². The van der Waals surface area contributed by atoms with Gasteiger partial charge in [0.25, 0.3) is 5.91 Å². The summed E-state index contributed by atoms with van der Waals surface area (Å²) in [7, 11) is 0. The third-order valence-electron chi connectivity index (χ3n) is 2.13. The predicted octanol–water partition coefficient (Wildman–Crippen LogP) is 0.224. The van der Waals surface area contributed by atoms with E-state index in [0.717, 1.165) is 0 Å². The van der Waals surface area contributed by atoms with Gasteiger partial charge in [0.2, 0.25) is 0 Å². The Morgan fingerprint density at radius 3 is 3.00 bits per heavy atom. The van der Waals surface area contributed by atoms with Crippen LogP contribution in [0.25, 0.3) is 5.69 Å². The van der Waals surface area contributed by atoms with E-state index in [9.17, 15) is 9.90 Å². The van der Waals surface area contributed by atoms with Crippen molar-refractivity contribution in [3.8, 4) is 5.69 Å². The van der Waals surface area contributed by atoms with E-state index < -0.39 is 5.60 Å². The van der Waals surface area contributed by atoms with Crippen LogP contribution in [0.1, 0.15) is 23.5 Å². The summed E-state index contributed by atoms with van der Waals surface area (Å²) < 4.78 is 1.43. The molecule has 2 rings (SSSR count). The van der Waals surface area contributed by atoms with Gasteiger partial charge in [0.05, 0.1) is 11.3 Å². The molecule has 2 heterocycles. The lowest BCUT2D eigenvalue weighted by molar-refractivity contribution is 0.0696. The summed E-state index contributed by atoms with van der Waals surface area (Å²) in [5.41, 5.74) is -0.319. The topological polar surface area (TPSA) is 92.9 Å². The van der Waals surface area contributed by atoms with Crippen LogP contribution in [-0.4, -0.2) is 43.4 Å². The van der Waals surface area contributed by atoms with Gasteiger partial charge < -0.3 is 10.4 Å². The standard InChI is InChI=1S/C10H13N5O2S/c1-10(2,17)5-11-9(16)8-7(3-4-18-8)15-6-12-13-14-15/h3-4,6,17H,5H2,1-2H3,(H,11,16). The van der Waals surface area contributed by atoms with Gasteiger partial charge in [-0.25, -0.2) is 0 Å². The number of hydrogen-bond acceptors (Lipinski definition) is 6. The Labute approximate surface area is 107 Å². The normalized spacial score (nSPS) is 11.5. The Morgan fingerprint density at radius 2 is 2.39 bits per heavy atom. The van der Waals surface area contributed by atoms with E-state index in [4.69, 9.17) is 0 Å². The Balaban J connectivity index is 2.15. The summed E-state index contributed by atoms with van der Waals surface area (Å²) in [6, 6.07) is 1.76. The van der Waals surface area contributed by atoms with Gasteiger partial charge >= 0.3 is 0 Å². The van der Waals surface area contributed by atoms with Crippen molar-refractivity contribution in [1.82, 2.24) is 25.5 Å². The molecule has 0 unspecified atom stereocenters. The number of rotatable bonds is 4. The highest BCUT2D eigenvalue weighted by Gasteiger charge is 2.18. The van der Waals surface area contributed by atoms with Gasteiger partial charge in [-0.1, -0.05) is 0 Å². The monoisotopic (exact) mass is 267 g/mol. The first-order chi connectivity index (χ1) is 8.47. The van der Waals surface area contributed by atoms with E-state index in [1.807, 2.05) is 0 Å². The van der Waals surface area contributed by atoms with Gasteiger partial charge in [-0.3, -0.25) is 4.79 Å². The Kier molecular flexibility index (Phi) is 3.39. The molecule has 0 saturated heterocycles. The van der Waals surface area contributed by atoms with Crippen molar-refractivity contribution >= 4 is 17.2 Å².